The zero-order chi connectivity index (χ0) is 79.3. The van der Waals surface area contributed by atoms with E-state index in [1.54, 1.807) is 86.6 Å². The second-order valence-corrected chi connectivity index (χ2v) is 30.9. The predicted molar refractivity (Wildman–Crippen MR) is 402 cm³/mol. The van der Waals surface area contributed by atoms with E-state index in [1.807, 2.05) is 93.6 Å². The molecule has 0 spiro atoms. The van der Waals surface area contributed by atoms with E-state index in [-0.39, 0.29) is 58.8 Å². The smallest absolute Gasteiger partial charge is 0.408 e. The minimum Gasteiger partial charge on any atom is -0.494 e. The van der Waals surface area contributed by atoms with Gasteiger partial charge in [0.2, 0.25) is 0 Å². The molecular weight excluding hydrogens is 1380 g/mol. The molecule has 107 heavy (non-hydrogen) atoms. The van der Waals surface area contributed by atoms with E-state index in [4.69, 9.17) is 61.6 Å². The summed E-state index contributed by atoms with van der Waals surface area (Å²) in [6.07, 6.45) is 6.62. The van der Waals surface area contributed by atoms with E-state index >= 15 is 0 Å². The fourth-order valence-corrected chi connectivity index (χ4v) is 12.1. The molecule has 0 bridgehead atoms. The molecule has 0 saturated carbocycles. The molecule has 4 aromatic carbocycles. The maximum Gasteiger partial charge on any atom is 0.408 e. The van der Waals surface area contributed by atoms with Crippen LogP contribution >= 0.6 is 0 Å². The number of carbonyl (C=O) groups excluding carboxylic acids is 6. The van der Waals surface area contributed by atoms with E-state index in [9.17, 15) is 43.8 Å². The molecule has 596 valence electrons. The van der Waals surface area contributed by atoms with E-state index < -0.39 is 98.6 Å². The largest absolute Gasteiger partial charge is 0.494 e. The van der Waals surface area contributed by atoms with Crippen molar-refractivity contribution in [2.24, 2.45) is 23.7 Å². The maximum absolute atomic E-state index is 12.5. The first-order valence-corrected chi connectivity index (χ1v) is 37.2. The number of amides is 4. The quantitative estimate of drug-likeness (QED) is 0.0133. The number of aliphatic carboxylic acids is 1. The third-order valence-electron chi connectivity index (χ3n) is 17.6. The van der Waals surface area contributed by atoms with Gasteiger partial charge in [-0.25, -0.2) is 19.2 Å². The van der Waals surface area contributed by atoms with Gasteiger partial charge < -0.3 is 97.9 Å². The Bertz CT molecular complexity index is 3400. The molecule has 8 rings (SSSR count). The first-order chi connectivity index (χ1) is 50.5. The Morgan fingerprint density at radius 1 is 0.421 bits per heavy atom. The number of alkyl carbamates (subject to hydrolysis) is 4. The zero-order valence-corrected chi connectivity index (χ0v) is 66.0. The fraction of sp³-hybridized carbons (Fsp3) is 0.617. The number of methoxy groups -OCH3 is 1. The lowest BCUT2D eigenvalue weighted by molar-refractivity contribution is -0.147. The number of hydrogen-bond acceptors (Lipinski definition) is 21. The molecule has 0 radical (unpaired) electrons. The van der Waals surface area contributed by atoms with Crippen LogP contribution in [0.25, 0.3) is 0 Å². The number of aliphatic hydroxyl groups is 1. The molecular formula is C81H120N4O22. The van der Waals surface area contributed by atoms with Gasteiger partial charge in [0.1, 0.15) is 80.1 Å². The van der Waals surface area contributed by atoms with Crippen LogP contribution in [-0.4, -0.2) is 168 Å². The van der Waals surface area contributed by atoms with Gasteiger partial charge in [0.15, 0.2) is 0 Å². The summed E-state index contributed by atoms with van der Waals surface area (Å²) in [5.74, 6) is -0.838. The molecule has 4 aromatic rings. The van der Waals surface area contributed by atoms with Gasteiger partial charge in [0, 0.05) is 5.92 Å². The molecule has 0 aromatic heterocycles. The summed E-state index contributed by atoms with van der Waals surface area (Å²) in [5, 5.41) is 30.9. The van der Waals surface area contributed by atoms with Crippen molar-refractivity contribution in [1.82, 2.24) is 21.3 Å². The highest BCUT2D eigenvalue weighted by Crippen LogP contribution is 2.41. The minimum absolute atomic E-state index is 0.0138. The van der Waals surface area contributed by atoms with Crippen molar-refractivity contribution in [3.63, 3.8) is 0 Å². The van der Waals surface area contributed by atoms with Crippen molar-refractivity contribution < 1.29 is 105 Å². The molecule has 26 heteroatoms. The van der Waals surface area contributed by atoms with Gasteiger partial charge >= 0.3 is 36.3 Å². The Hall–Kier alpha value is -8.43. The van der Waals surface area contributed by atoms with E-state index in [2.05, 4.69) is 49.0 Å². The third-order valence-corrected chi connectivity index (χ3v) is 17.6. The number of ether oxygens (including phenoxy) is 13. The third kappa shape index (κ3) is 27.0. The van der Waals surface area contributed by atoms with E-state index in [0.29, 0.717) is 44.3 Å². The summed E-state index contributed by atoms with van der Waals surface area (Å²) in [4.78, 5) is 85.5. The lowest BCUT2D eigenvalue weighted by atomic mass is 9.80. The number of unbranched alkanes of at least 4 members (excludes halogenated alkanes) is 4. The van der Waals surface area contributed by atoms with Crippen molar-refractivity contribution in [2.45, 2.75) is 207 Å². The lowest BCUT2D eigenvalue weighted by Crippen LogP contribution is -2.54. The Kier molecular flexibility index (Phi) is 34.4. The topological polar surface area (TPSA) is 328 Å². The van der Waals surface area contributed by atoms with Crippen LogP contribution in [0.4, 0.5) is 19.2 Å². The number of carbonyl (C=O) groups is 7. The number of aldehydes is 1. The summed E-state index contributed by atoms with van der Waals surface area (Å²) in [6.45, 7) is 33.9. The van der Waals surface area contributed by atoms with Gasteiger partial charge in [-0.15, -0.1) is 0 Å². The molecule has 4 aliphatic heterocycles. The van der Waals surface area contributed by atoms with Crippen LogP contribution in [0.3, 0.4) is 0 Å². The Labute approximate surface area is 632 Å². The van der Waals surface area contributed by atoms with Crippen molar-refractivity contribution in [3.8, 4) is 23.0 Å². The maximum atomic E-state index is 12.5. The Morgan fingerprint density at radius 2 is 0.692 bits per heavy atom. The van der Waals surface area contributed by atoms with Crippen LogP contribution in [-0.2, 0) is 79.2 Å². The average molecular weight is 1500 g/mol. The van der Waals surface area contributed by atoms with Crippen LogP contribution < -0.4 is 40.2 Å². The second-order valence-electron chi connectivity index (χ2n) is 30.9. The Balaban J connectivity index is 0.000000256. The number of nitrogens with one attached hydrogen (secondary N) is 4. The summed E-state index contributed by atoms with van der Waals surface area (Å²) < 4.78 is 71.4. The number of carboxylic acid groups (broad SMARTS) is 1. The van der Waals surface area contributed by atoms with Crippen LogP contribution in [0.2, 0.25) is 0 Å². The van der Waals surface area contributed by atoms with Crippen LogP contribution in [0, 0.1) is 23.7 Å². The molecule has 0 aliphatic carbocycles. The van der Waals surface area contributed by atoms with Gasteiger partial charge in [0.25, 0.3) is 0 Å². The first-order valence-electron chi connectivity index (χ1n) is 37.2. The second kappa shape index (κ2) is 41.2. The first kappa shape index (κ1) is 89.2. The SMILES string of the molecule is CCCCOc1ccc([C@]2(NC(=O)OC(C)(C)C)COC[C@H]2C(=O)O)cc1.CCCCOc1ccc([C@]2(NC(=O)OC(C)(C)C)COC[C@H]2C(=O)OC)cc1.CCCCOc1ccc([C@]2(NC(=O)OC(C)(C)C)COC[C@H]2C=O)cc1.CCCCOc1ccc([C@]2(NC(=O)OC(C)(C)C)COC[C@H]2CO)cc1. The lowest BCUT2D eigenvalue weighted by Gasteiger charge is -2.35. The molecule has 26 nitrogen and oxygen atoms in total. The highest BCUT2D eigenvalue weighted by Gasteiger charge is 2.54. The standard InChI is InChI=1S/C21H31NO6.C20H29NO6.C20H31NO5.C20H29NO5/c1-6-7-12-27-16-10-8-15(9-11-16)21(22-19(24)28-20(2,3)4)14-26-13-17(21)18(23)25-5;1-5-6-11-26-15-9-7-14(8-10-15)20(13-25-12-16(20)17(22)23)21-18(24)27-19(2,3)4;2*1-5-6-11-25-17-9-7-15(8-10-17)20(14-24-13-16(20)12-22)21-18(23)26-19(2,3)4/h8-11,17H,6-7,12-14H2,1-5H3,(H,22,24);7-10,16H,5-6,11-13H2,1-4H3,(H,21,24)(H,22,23);7-10,16,22H,5-6,11-14H2,1-4H3,(H,21,23);7-10,12,16H,5-6,11,13-14H2,1-4H3,(H,21,23)/t17-,21+;16-,20+;2*16-,20-/m0011/s1. The van der Waals surface area contributed by atoms with Crippen molar-refractivity contribution in [2.75, 3.05) is 93.0 Å². The van der Waals surface area contributed by atoms with Crippen molar-refractivity contribution in [3.05, 3.63) is 119 Å². The molecule has 6 N–H and O–H groups in total. The monoisotopic (exact) mass is 1500 g/mol. The summed E-state index contributed by atoms with van der Waals surface area (Å²) in [7, 11) is 1.32. The van der Waals surface area contributed by atoms with Crippen LogP contribution in [0.1, 0.15) is 184 Å². The molecule has 4 heterocycles. The molecule has 4 aliphatic rings. The number of rotatable bonds is 28. The fourth-order valence-electron chi connectivity index (χ4n) is 12.1. The number of benzene rings is 4. The highest BCUT2D eigenvalue weighted by atomic mass is 16.6. The highest BCUT2D eigenvalue weighted by molar-refractivity contribution is 5.79. The summed E-state index contributed by atoms with van der Waals surface area (Å²) in [5.41, 5.74) is -3.59. The normalized spacial score (nSPS) is 22.4. The summed E-state index contributed by atoms with van der Waals surface area (Å²) in [6, 6.07) is 29.5. The molecule has 8 atom stereocenters. The molecule has 4 amide bonds. The van der Waals surface area contributed by atoms with Crippen LogP contribution in [0.15, 0.2) is 97.1 Å². The molecule has 0 unspecified atom stereocenters. The Morgan fingerprint density at radius 3 is 1.00 bits per heavy atom. The number of esters is 1. The molecule has 4 fully saturated rings. The summed E-state index contributed by atoms with van der Waals surface area (Å²) >= 11 is 0. The van der Waals surface area contributed by atoms with Crippen LogP contribution in [0.5, 0.6) is 23.0 Å². The van der Waals surface area contributed by atoms with Gasteiger partial charge in [-0.1, -0.05) is 102 Å². The number of hydrogen-bond donors (Lipinski definition) is 6. The average Bonchev–Trinajstić information content (AvgIpc) is 1.71. The minimum atomic E-state index is -1.20. The number of aliphatic hydroxyl groups excluding tert-OH is 1. The molecule has 4 saturated heterocycles. The van der Waals surface area contributed by atoms with Gasteiger partial charge in [-0.2, -0.15) is 0 Å². The van der Waals surface area contributed by atoms with Crippen molar-refractivity contribution in [1.29, 1.82) is 0 Å². The van der Waals surface area contributed by atoms with Gasteiger partial charge in [-0.05, 0) is 180 Å². The van der Waals surface area contributed by atoms with Gasteiger partial charge in [0.05, 0.1) is 104 Å². The van der Waals surface area contributed by atoms with Gasteiger partial charge in [-0.3, -0.25) is 9.59 Å². The predicted octanol–water partition coefficient (Wildman–Crippen LogP) is 13.4. The number of carboxylic acids is 1. The van der Waals surface area contributed by atoms with Crippen molar-refractivity contribution >= 4 is 42.6 Å². The van der Waals surface area contributed by atoms with E-state index in [0.717, 1.165) is 91.6 Å². The zero-order valence-electron chi connectivity index (χ0n) is 66.0. The van der Waals surface area contributed by atoms with E-state index in [1.165, 1.54) is 7.11 Å².